The molecular formula is C60H59BrCl6FK2N9O12. The van der Waals surface area contributed by atoms with Crippen molar-refractivity contribution in [3.8, 4) is 29.3 Å². The quantitative estimate of drug-likeness (QED) is 0.0301. The van der Waals surface area contributed by atoms with Crippen LogP contribution in [0.2, 0.25) is 30.1 Å². The molecule has 0 amide bonds. The number of aromatic nitrogens is 9. The van der Waals surface area contributed by atoms with Crippen LogP contribution in [0.4, 0.5) is 4.39 Å². The van der Waals surface area contributed by atoms with Crippen LogP contribution in [0.3, 0.4) is 0 Å². The van der Waals surface area contributed by atoms with E-state index in [1.165, 1.54) is 4.57 Å². The number of aryl methyl sites for hydroxylation is 6. The Morgan fingerprint density at radius 1 is 0.593 bits per heavy atom. The molecule has 2 N–H and O–H groups in total. The van der Waals surface area contributed by atoms with Gasteiger partial charge in [-0.25, -0.2) is 19.4 Å². The summed E-state index contributed by atoms with van der Waals surface area (Å²) in [6, 6.07) is 26.1. The van der Waals surface area contributed by atoms with E-state index < -0.39 is 25.1 Å². The van der Waals surface area contributed by atoms with Crippen molar-refractivity contribution in [2.45, 2.75) is 75.0 Å². The topological polar surface area (TPSA) is 270 Å². The number of carbonyl (C=O) groups is 4. The van der Waals surface area contributed by atoms with Crippen molar-refractivity contribution in [1.82, 2.24) is 43.6 Å². The molecule has 0 radical (unpaired) electrons. The zero-order chi connectivity index (χ0) is 66.8. The van der Waals surface area contributed by atoms with E-state index in [1.54, 1.807) is 167 Å². The Morgan fingerprint density at radius 3 is 1.27 bits per heavy atom. The molecule has 0 atom stereocenters. The smallest absolute Gasteiger partial charge is 1.00 e. The van der Waals surface area contributed by atoms with Crippen LogP contribution in [0.25, 0.3) is 0 Å². The van der Waals surface area contributed by atoms with E-state index in [9.17, 15) is 23.9 Å². The Morgan fingerprint density at radius 2 is 0.934 bits per heavy atom. The predicted molar refractivity (Wildman–Crippen MR) is 338 cm³/mol. The number of ether oxygens (including phenoxy) is 4. The van der Waals surface area contributed by atoms with Crippen LogP contribution in [0.15, 0.2) is 114 Å². The van der Waals surface area contributed by atoms with E-state index in [1.807, 2.05) is 6.92 Å². The van der Waals surface area contributed by atoms with E-state index in [0.717, 1.165) is 11.1 Å². The van der Waals surface area contributed by atoms with Gasteiger partial charge in [0.2, 0.25) is 0 Å². The summed E-state index contributed by atoms with van der Waals surface area (Å²) in [5, 5.41) is 30.1. The first-order chi connectivity index (χ1) is 42.8. The molecule has 6 heterocycles. The number of benzene rings is 3. The fourth-order valence-electron chi connectivity index (χ4n) is 7.74. The predicted octanol–water partition coefficient (Wildman–Crippen LogP) is 8.68. The summed E-state index contributed by atoms with van der Waals surface area (Å²) in [6.07, 6.45) is 4.97. The van der Waals surface area contributed by atoms with Gasteiger partial charge in [0.1, 0.15) is 5.75 Å². The molecule has 9 aromatic rings. The number of esters is 2. The summed E-state index contributed by atoms with van der Waals surface area (Å²) in [6.45, 7) is 15.1. The summed E-state index contributed by atoms with van der Waals surface area (Å²) in [5.41, 5.74) is 6.38. The molecule has 3 aromatic carbocycles. The van der Waals surface area contributed by atoms with Gasteiger partial charge in [-0.15, -0.1) is 0 Å². The number of nitrogens with zero attached hydrogens (tertiary/aromatic N) is 9. The van der Waals surface area contributed by atoms with Gasteiger partial charge in [0.15, 0.2) is 33.3 Å². The van der Waals surface area contributed by atoms with E-state index in [4.69, 9.17) is 105 Å². The molecule has 0 bridgehead atoms. The molecule has 0 saturated heterocycles. The molecular weight excluding hydrogens is 1430 g/mol. The Balaban J connectivity index is 0.000000621. The largest absolute Gasteiger partial charge is 1.00 e. The number of hydrogen-bond donors (Lipinski definition) is 2. The molecule has 9 rings (SSSR count). The number of rotatable bonds is 16. The number of hydrogen-bond acceptors (Lipinski definition) is 17. The number of carboxylic acids is 1. The van der Waals surface area contributed by atoms with Crippen LogP contribution in [0.5, 0.6) is 29.3 Å². The van der Waals surface area contributed by atoms with Crippen molar-refractivity contribution in [1.29, 1.82) is 0 Å². The summed E-state index contributed by atoms with van der Waals surface area (Å²) in [5.74, 6) is -0.706. The second-order valence-electron chi connectivity index (χ2n) is 17.9. The zero-order valence-electron chi connectivity index (χ0n) is 52.7. The molecule has 0 aliphatic rings. The number of aromatic carboxylic acids is 1. The summed E-state index contributed by atoms with van der Waals surface area (Å²) in [4.78, 5) is 72.8. The number of halogens is 8. The Kier molecular flexibility index (Phi) is 37.2. The number of alkyl halides is 1. The first-order valence-electron chi connectivity index (χ1n) is 26.7. The molecule has 0 aliphatic carbocycles. The van der Waals surface area contributed by atoms with Crippen LogP contribution < -0.4 is 118 Å². The maximum atomic E-state index is 12.6. The monoisotopic (exact) mass is 1480 g/mol. The van der Waals surface area contributed by atoms with Gasteiger partial charge in [-0.1, -0.05) is 69.6 Å². The number of aromatic hydroxyl groups is 1. The van der Waals surface area contributed by atoms with Crippen LogP contribution in [-0.4, -0.2) is 98.6 Å². The van der Waals surface area contributed by atoms with Crippen LogP contribution in [0, 0.1) is 41.5 Å². The van der Waals surface area contributed by atoms with Crippen LogP contribution in [-0.2, 0) is 38.8 Å². The van der Waals surface area contributed by atoms with Crippen LogP contribution in [0.1, 0.15) is 99.0 Å². The molecule has 0 saturated carbocycles. The summed E-state index contributed by atoms with van der Waals surface area (Å²) in [7, 11) is -1.00. The molecule has 6 aromatic heterocycles. The fraction of sp³-hybridized carbons (Fsp3) is 0.233. The number of imidazole rings is 3. The minimum Gasteiger partial charge on any atom is -1.00 e. The molecule has 0 aliphatic heterocycles. The minimum atomic E-state index is -1.11. The molecule has 0 spiro atoms. The van der Waals surface area contributed by atoms with Crippen molar-refractivity contribution in [2.24, 2.45) is 0 Å². The SMILES string of the molecule is CCOC(=O)c1c(C)nc(Br)n1Cc1cc(Cl)ccc1Cl.CCOC(=O)c1c(C)nc(Oc2cccnc2C)n1Cc1cc(Cl)ccc1Cl.Cc1ncccc1O.Cc1ncccc1Oc1nc(C)c(C(=O)O)n1Cc1cc(Cl)ccc1Cl.O=CO[O-].[2H]CF.[H-].[K+].[K+]. The first-order valence-corrected chi connectivity index (χ1v) is 29.0. The van der Waals surface area contributed by atoms with Gasteiger partial charge in [0.25, 0.3) is 6.47 Å². The molecule has 31 heteroatoms. The maximum absolute atomic E-state index is 12.6. The average molecular weight is 1490 g/mol. The Hall–Kier alpha value is -4.60. The third kappa shape index (κ3) is 24.9. The minimum absolute atomic E-state index is 0. The van der Waals surface area contributed by atoms with Crippen LogP contribution >= 0.6 is 85.5 Å². The third-order valence-electron chi connectivity index (χ3n) is 11.8. The van der Waals surface area contributed by atoms with Crippen molar-refractivity contribution >= 4 is 110 Å². The van der Waals surface area contributed by atoms with E-state index >= 15 is 0 Å². The number of pyridine rings is 3. The number of carboxylic acid groups (broad SMARTS) is 1. The summed E-state index contributed by atoms with van der Waals surface area (Å²) >= 11 is 40.2. The average Bonchev–Trinajstić information content (AvgIpc) is 1.77. The van der Waals surface area contributed by atoms with Crippen molar-refractivity contribution in [3.05, 3.63) is 212 Å². The van der Waals surface area contributed by atoms with E-state index in [2.05, 4.69) is 50.7 Å². The molecule has 474 valence electrons. The van der Waals surface area contributed by atoms with Gasteiger partial charge in [0, 0.05) is 48.7 Å². The van der Waals surface area contributed by atoms with Crippen molar-refractivity contribution in [3.63, 3.8) is 0 Å². The van der Waals surface area contributed by atoms with E-state index in [0.29, 0.717) is 111 Å². The molecule has 21 nitrogen and oxygen atoms in total. The first kappa shape index (κ1) is 80.6. The van der Waals surface area contributed by atoms with Gasteiger partial charge >= 0.3 is 133 Å². The number of carbonyl (C=O) groups excluding carboxylic acids is 3. The van der Waals surface area contributed by atoms with Gasteiger partial charge < -0.3 is 45.3 Å². The van der Waals surface area contributed by atoms with Gasteiger partial charge in [-0.05, 0) is 179 Å². The van der Waals surface area contributed by atoms with Gasteiger partial charge in [-0.2, -0.15) is 9.97 Å². The Labute approximate surface area is 650 Å². The van der Waals surface area contributed by atoms with E-state index in [-0.39, 0.29) is 154 Å². The zero-order valence-corrected chi connectivity index (χ0v) is 63.1. The summed E-state index contributed by atoms with van der Waals surface area (Å²) < 4.78 is 42.9. The maximum Gasteiger partial charge on any atom is 1.00 e. The van der Waals surface area contributed by atoms with Gasteiger partial charge in [-0.3, -0.25) is 33.3 Å². The standard InChI is InChI=1S/C20H19Cl2N3O3.C18H15Cl2N3O3.C14H13BrCl2N2O2.C6H7NO.CH3F.CH2O3.2K.H/c1-4-27-19(26)18-13(3)24-20(28-17-6-5-9-23-12(17)2)25(18)11-14-10-15(21)7-8-16(14)22;1-10-15(4-3-7-21-10)26-18-22-11(2)16(17(24)25)23(18)9-12-8-13(19)5-6-14(12)20;1-3-21-13(20)12-8(2)18-14(15)19(12)7-9-6-10(16)4-5-11(9)17;1-5-6(8)3-2-4-7-5;1-2;2-1-4-3;;;/h5-10H,4,11H2,1-3H3;3-8H,9H2,1-2H3,(H,24,25);4-6H,3,7H2,1-2H3;2-4,8H,1H3;1H3;1,3H;;;/q;;;;;;2*+1;-1/p-1/i;;;;1D;;;;. The normalized spacial score (nSPS) is 10.1. The molecule has 0 unspecified atom stereocenters. The molecule has 91 heavy (non-hydrogen) atoms. The second kappa shape index (κ2) is 42.0. The molecule has 0 fully saturated rings. The Bertz CT molecular complexity index is 3900. The van der Waals surface area contributed by atoms with Crippen molar-refractivity contribution in [2.75, 3.05) is 20.4 Å². The van der Waals surface area contributed by atoms with Gasteiger partial charge in [0.05, 0.1) is 75.5 Å². The van der Waals surface area contributed by atoms with Crippen molar-refractivity contribution < 1.29 is 168 Å². The second-order valence-corrected chi connectivity index (χ2v) is 21.1. The third-order valence-corrected chi connectivity index (χ3v) is 14.2. The fourth-order valence-corrected chi connectivity index (χ4v) is 9.43.